The van der Waals surface area contributed by atoms with Gasteiger partial charge in [-0.05, 0) is 18.9 Å². The minimum atomic E-state index is -1.20. The van der Waals surface area contributed by atoms with Crippen LogP contribution < -0.4 is 5.32 Å². The van der Waals surface area contributed by atoms with E-state index in [9.17, 15) is 13.9 Å². The number of aliphatic hydroxyl groups excluding tert-OH is 1. The number of aliphatic hydroxyl groups is 1. The fourth-order valence-corrected chi connectivity index (χ4v) is 3.93. The summed E-state index contributed by atoms with van der Waals surface area (Å²) in [6, 6.07) is 1.63. The van der Waals surface area contributed by atoms with Crippen molar-refractivity contribution in [2.45, 2.75) is 31.7 Å². The number of ether oxygens (including phenoxy) is 1. The molecule has 0 spiro atoms. The number of anilines is 1. The Bertz CT molecular complexity index is 1040. The first-order valence-electron chi connectivity index (χ1n) is 10.1. The Labute approximate surface area is 182 Å². The number of aromatic nitrogens is 4. The highest BCUT2D eigenvalue weighted by atomic mass is 35.5. The Balaban J connectivity index is 1.51. The predicted molar refractivity (Wildman–Crippen MR) is 113 cm³/mol. The van der Waals surface area contributed by atoms with Gasteiger partial charge in [0.25, 0.3) is 0 Å². The lowest BCUT2D eigenvalue weighted by molar-refractivity contribution is -0.210. The summed E-state index contributed by atoms with van der Waals surface area (Å²) < 4.78 is 31.9. The topological polar surface area (TPSA) is 99.2 Å². The molecule has 0 radical (unpaired) electrons. The molecule has 0 bridgehead atoms. The molecular weight excluding hydrogens is 430 g/mol. The van der Waals surface area contributed by atoms with Crippen molar-refractivity contribution < 1.29 is 18.6 Å². The number of nitrogens with zero attached hydrogens (tertiary/aromatic N) is 4. The van der Waals surface area contributed by atoms with Crippen LogP contribution in [-0.4, -0.2) is 68.8 Å². The Hall–Kier alpha value is -2.40. The highest BCUT2D eigenvalue weighted by Crippen LogP contribution is 2.28. The molecular formula is C20H23ClF2N6O2. The zero-order chi connectivity index (χ0) is 21.8. The minimum absolute atomic E-state index is 0.0547. The summed E-state index contributed by atoms with van der Waals surface area (Å²) in [6.07, 6.45) is 5.80. The van der Waals surface area contributed by atoms with E-state index in [-0.39, 0.29) is 18.5 Å². The number of hydrogen-bond acceptors (Lipinski definition) is 7. The number of piperidine rings is 1. The molecule has 11 heteroatoms. The van der Waals surface area contributed by atoms with E-state index in [1.807, 2.05) is 0 Å². The van der Waals surface area contributed by atoms with Gasteiger partial charge in [-0.2, -0.15) is 0 Å². The molecule has 1 aliphatic rings. The summed E-state index contributed by atoms with van der Waals surface area (Å²) in [7, 11) is 0. The van der Waals surface area contributed by atoms with Gasteiger partial charge in [0.15, 0.2) is 17.5 Å². The first-order valence-corrected chi connectivity index (χ1v) is 10.5. The van der Waals surface area contributed by atoms with E-state index >= 15 is 0 Å². The Morgan fingerprint density at radius 2 is 2.23 bits per heavy atom. The summed E-state index contributed by atoms with van der Waals surface area (Å²) in [5.74, 6) is -0.207. The monoisotopic (exact) mass is 452 g/mol. The van der Waals surface area contributed by atoms with Crippen LogP contribution in [0.25, 0.3) is 22.4 Å². The summed E-state index contributed by atoms with van der Waals surface area (Å²) in [4.78, 5) is 17.4. The van der Waals surface area contributed by atoms with Gasteiger partial charge in [-0.15, -0.1) is 0 Å². The molecule has 31 heavy (non-hydrogen) atoms. The molecule has 1 fully saturated rings. The molecule has 166 valence electrons. The Morgan fingerprint density at radius 1 is 1.35 bits per heavy atom. The molecule has 0 aromatic carbocycles. The van der Waals surface area contributed by atoms with Gasteiger partial charge in [-0.25, -0.2) is 23.7 Å². The lowest BCUT2D eigenvalue weighted by atomic mass is 10.0. The van der Waals surface area contributed by atoms with Gasteiger partial charge < -0.3 is 20.1 Å². The molecule has 3 aromatic heterocycles. The fourth-order valence-electron chi connectivity index (χ4n) is 3.78. The molecule has 1 saturated heterocycles. The van der Waals surface area contributed by atoms with Crippen LogP contribution in [0.15, 0.2) is 24.7 Å². The number of pyridine rings is 1. The maximum atomic E-state index is 14.4. The zero-order valence-corrected chi connectivity index (χ0v) is 17.4. The SMILES string of the molecule is OC(OCCF)N1CCCC[C@@H]1CNc1nc(-c2c[nH]c3ncc(Cl)cc23)ncc1F. The number of rotatable bonds is 8. The quantitative estimate of drug-likeness (QED) is 0.451. The van der Waals surface area contributed by atoms with Crippen LogP contribution in [0.2, 0.25) is 5.02 Å². The first-order chi connectivity index (χ1) is 15.1. The molecule has 3 aromatic rings. The molecule has 1 unspecified atom stereocenters. The molecule has 3 N–H and O–H groups in total. The molecule has 0 aliphatic carbocycles. The molecule has 1 aliphatic heterocycles. The zero-order valence-electron chi connectivity index (χ0n) is 16.7. The molecule has 0 amide bonds. The van der Waals surface area contributed by atoms with Crippen molar-refractivity contribution in [1.29, 1.82) is 0 Å². The average molecular weight is 453 g/mol. The predicted octanol–water partition coefficient (Wildman–Crippen LogP) is 3.34. The lowest BCUT2D eigenvalue weighted by Crippen LogP contribution is -2.50. The number of halogens is 3. The summed E-state index contributed by atoms with van der Waals surface area (Å²) >= 11 is 6.05. The molecule has 2 atom stereocenters. The second-order valence-electron chi connectivity index (χ2n) is 7.30. The van der Waals surface area contributed by atoms with Crippen LogP contribution in [-0.2, 0) is 4.74 Å². The van der Waals surface area contributed by atoms with Crippen molar-refractivity contribution in [1.82, 2.24) is 24.8 Å². The van der Waals surface area contributed by atoms with E-state index in [2.05, 4.69) is 25.3 Å². The highest BCUT2D eigenvalue weighted by Gasteiger charge is 2.28. The van der Waals surface area contributed by atoms with Gasteiger partial charge in [-0.1, -0.05) is 18.0 Å². The third-order valence-electron chi connectivity index (χ3n) is 5.29. The van der Waals surface area contributed by atoms with Crippen molar-refractivity contribution in [2.75, 3.05) is 31.7 Å². The number of aromatic amines is 1. The average Bonchev–Trinajstić information content (AvgIpc) is 3.20. The van der Waals surface area contributed by atoms with E-state index in [1.54, 1.807) is 17.2 Å². The Morgan fingerprint density at radius 3 is 3.06 bits per heavy atom. The number of hydrogen-bond donors (Lipinski definition) is 3. The second kappa shape index (κ2) is 9.82. The number of fused-ring (bicyclic) bond motifs is 1. The van der Waals surface area contributed by atoms with Crippen LogP contribution in [0.4, 0.5) is 14.6 Å². The third kappa shape index (κ3) is 4.93. The van der Waals surface area contributed by atoms with Gasteiger partial charge in [0.05, 0.1) is 17.8 Å². The summed E-state index contributed by atoms with van der Waals surface area (Å²) in [5.41, 5.74) is 1.28. The molecule has 0 saturated carbocycles. The maximum Gasteiger partial charge on any atom is 0.216 e. The minimum Gasteiger partial charge on any atom is -0.366 e. The van der Waals surface area contributed by atoms with Crippen LogP contribution in [0.5, 0.6) is 0 Å². The number of nitrogens with one attached hydrogen (secondary N) is 2. The van der Waals surface area contributed by atoms with Crippen molar-refractivity contribution in [3.05, 3.63) is 35.5 Å². The third-order valence-corrected chi connectivity index (χ3v) is 5.50. The lowest BCUT2D eigenvalue weighted by Gasteiger charge is -2.38. The summed E-state index contributed by atoms with van der Waals surface area (Å²) in [6.45, 7) is 0.105. The van der Waals surface area contributed by atoms with Crippen molar-refractivity contribution in [3.8, 4) is 11.4 Å². The van der Waals surface area contributed by atoms with E-state index < -0.39 is 18.9 Å². The van der Waals surface area contributed by atoms with E-state index in [0.717, 1.165) is 30.8 Å². The normalized spacial score (nSPS) is 18.4. The van der Waals surface area contributed by atoms with Crippen LogP contribution in [0.1, 0.15) is 19.3 Å². The largest absolute Gasteiger partial charge is 0.366 e. The standard InChI is InChI=1S/C20H23ClF2N6O2/c21-12-7-14-15(10-26-17(14)24-8-12)18-27-11-16(23)19(28-18)25-9-13-3-1-2-5-29(13)20(30)31-6-4-22/h7-8,10-11,13,20,30H,1-6,9H2,(H,24,26)(H,25,27,28)/t13-,20?/m1/s1. The number of H-pyrrole nitrogens is 1. The maximum absolute atomic E-state index is 14.4. The van der Waals surface area contributed by atoms with Gasteiger partial charge in [-0.3, -0.25) is 4.90 Å². The van der Waals surface area contributed by atoms with Crippen LogP contribution in [0, 0.1) is 5.82 Å². The Kier molecular flexibility index (Phi) is 6.91. The first kappa shape index (κ1) is 21.8. The number of likely N-dealkylation sites (tertiary alicyclic amines) is 1. The van der Waals surface area contributed by atoms with Crippen LogP contribution in [0.3, 0.4) is 0 Å². The van der Waals surface area contributed by atoms with Gasteiger partial charge in [0, 0.05) is 42.5 Å². The summed E-state index contributed by atoms with van der Waals surface area (Å²) in [5, 5.41) is 14.4. The van der Waals surface area contributed by atoms with Crippen molar-refractivity contribution in [3.63, 3.8) is 0 Å². The fraction of sp³-hybridized carbons (Fsp3) is 0.450. The van der Waals surface area contributed by atoms with E-state index in [1.165, 1.54) is 6.20 Å². The molecule has 4 rings (SSSR count). The van der Waals surface area contributed by atoms with Crippen molar-refractivity contribution in [2.24, 2.45) is 0 Å². The molecule has 4 heterocycles. The van der Waals surface area contributed by atoms with Crippen molar-refractivity contribution >= 4 is 28.5 Å². The van der Waals surface area contributed by atoms with E-state index in [0.29, 0.717) is 35.1 Å². The van der Waals surface area contributed by atoms with Gasteiger partial charge >= 0.3 is 0 Å². The van der Waals surface area contributed by atoms with E-state index in [4.69, 9.17) is 16.3 Å². The second-order valence-corrected chi connectivity index (χ2v) is 7.73. The smallest absolute Gasteiger partial charge is 0.216 e. The molecule has 8 nitrogen and oxygen atoms in total. The van der Waals surface area contributed by atoms with Gasteiger partial charge in [0.2, 0.25) is 6.41 Å². The van der Waals surface area contributed by atoms with Gasteiger partial charge in [0.1, 0.15) is 12.3 Å². The number of alkyl halides is 1. The highest BCUT2D eigenvalue weighted by molar-refractivity contribution is 6.31. The van der Waals surface area contributed by atoms with Crippen LogP contribution >= 0.6 is 11.6 Å².